The second-order valence-electron chi connectivity index (χ2n) is 4.33. The number of hydrogen-bond donors (Lipinski definition) is 2. The first kappa shape index (κ1) is 12.5. The Kier molecular flexibility index (Phi) is 4.07. The van der Waals surface area contributed by atoms with Gasteiger partial charge in [-0.05, 0) is 25.0 Å². The Morgan fingerprint density at radius 1 is 1.59 bits per heavy atom. The van der Waals surface area contributed by atoms with Gasteiger partial charge in [0.05, 0.1) is 6.10 Å². The second kappa shape index (κ2) is 5.56. The van der Waals surface area contributed by atoms with Crippen LogP contribution in [-0.2, 0) is 10.5 Å². The first-order chi connectivity index (χ1) is 8.16. The van der Waals surface area contributed by atoms with Crippen molar-refractivity contribution < 1.29 is 4.74 Å². The third kappa shape index (κ3) is 3.23. The molecule has 1 aliphatic rings. The molecule has 0 spiro atoms. The van der Waals surface area contributed by atoms with Gasteiger partial charge in [-0.1, -0.05) is 18.2 Å². The standard InChI is InChI=1S/C13H18N2OS/c1-9-12(5-6-16-9)17-8-10-3-2-4-11(7-10)13(14)15/h2-4,7,9,12H,5-6,8H2,1H3,(H3,14,15). The van der Waals surface area contributed by atoms with Gasteiger partial charge in [0.2, 0.25) is 0 Å². The zero-order chi connectivity index (χ0) is 12.3. The highest BCUT2D eigenvalue weighted by Crippen LogP contribution is 2.29. The molecule has 4 heteroatoms. The molecule has 2 rings (SSSR count). The molecule has 1 fully saturated rings. The Hall–Kier alpha value is -1.00. The van der Waals surface area contributed by atoms with Crippen LogP contribution in [0.25, 0.3) is 0 Å². The smallest absolute Gasteiger partial charge is 0.122 e. The molecule has 3 nitrogen and oxygen atoms in total. The lowest BCUT2D eigenvalue weighted by atomic mass is 10.1. The number of nitrogen functional groups attached to an aromatic ring is 1. The minimum Gasteiger partial charge on any atom is -0.384 e. The Morgan fingerprint density at radius 3 is 3.06 bits per heavy atom. The fourth-order valence-electron chi connectivity index (χ4n) is 1.96. The molecule has 0 amide bonds. The highest BCUT2D eigenvalue weighted by Gasteiger charge is 2.24. The lowest BCUT2D eigenvalue weighted by Gasteiger charge is -2.13. The summed E-state index contributed by atoms with van der Waals surface area (Å²) in [7, 11) is 0. The summed E-state index contributed by atoms with van der Waals surface area (Å²) in [4.78, 5) is 0. The Labute approximate surface area is 106 Å². The Balaban J connectivity index is 1.94. The maximum atomic E-state index is 7.41. The number of nitrogens with one attached hydrogen (secondary N) is 1. The maximum absolute atomic E-state index is 7.41. The lowest BCUT2D eigenvalue weighted by molar-refractivity contribution is 0.127. The van der Waals surface area contributed by atoms with E-state index in [1.54, 1.807) is 0 Å². The monoisotopic (exact) mass is 250 g/mol. The molecule has 92 valence electrons. The minimum atomic E-state index is 0.134. The van der Waals surface area contributed by atoms with Crippen LogP contribution in [-0.4, -0.2) is 23.8 Å². The van der Waals surface area contributed by atoms with Crippen molar-refractivity contribution in [2.45, 2.75) is 30.5 Å². The van der Waals surface area contributed by atoms with Gasteiger partial charge in [-0.25, -0.2) is 0 Å². The van der Waals surface area contributed by atoms with E-state index >= 15 is 0 Å². The van der Waals surface area contributed by atoms with Crippen molar-refractivity contribution in [2.24, 2.45) is 5.73 Å². The third-order valence-corrected chi connectivity index (χ3v) is 4.56. The van der Waals surface area contributed by atoms with Gasteiger partial charge in [0.25, 0.3) is 0 Å². The number of benzene rings is 1. The molecule has 0 radical (unpaired) electrons. The predicted molar refractivity (Wildman–Crippen MR) is 72.6 cm³/mol. The van der Waals surface area contributed by atoms with E-state index in [9.17, 15) is 0 Å². The van der Waals surface area contributed by atoms with Crippen molar-refractivity contribution in [2.75, 3.05) is 6.61 Å². The molecule has 3 N–H and O–H groups in total. The van der Waals surface area contributed by atoms with Crippen LogP contribution in [0.1, 0.15) is 24.5 Å². The molecule has 2 unspecified atom stereocenters. The van der Waals surface area contributed by atoms with Crippen LogP contribution >= 0.6 is 11.8 Å². The average molecular weight is 250 g/mol. The van der Waals surface area contributed by atoms with Crippen molar-refractivity contribution in [3.05, 3.63) is 35.4 Å². The number of amidine groups is 1. The second-order valence-corrected chi connectivity index (χ2v) is 5.56. The topological polar surface area (TPSA) is 59.1 Å². The molecule has 1 heterocycles. The zero-order valence-corrected chi connectivity index (χ0v) is 10.8. The summed E-state index contributed by atoms with van der Waals surface area (Å²) in [6, 6.07) is 7.91. The van der Waals surface area contributed by atoms with Crippen LogP contribution in [0, 0.1) is 5.41 Å². The van der Waals surface area contributed by atoms with Crippen LogP contribution < -0.4 is 5.73 Å². The SMILES string of the molecule is CC1OCCC1SCc1cccc(C(=N)N)c1. The van der Waals surface area contributed by atoms with Gasteiger partial charge in [0.1, 0.15) is 5.84 Å². The maximum Gasteiger partial charge on any atom is 0.122 e. The highest BCUT2D eigenvalue weighted by molar-refractivity contribution is 7.99. The van der Waals surface area contributed by atoms with E-state index in [1.165, 1.54) is 5.56 Å². The Bertz CT molecular complexity index is 408. The van der Waals surface area contributed by atoms with Crippen LogP contribution in [0.4, 0.5) is 0 Å². The summed E-state index contributed by atoms with van der Waals surface area (Å²) >= 11 is 1.93. The first-order valence-corrected chi connectivity index (χ1v) is 6.88. The number of nitrogens with two attached hydrogens (primary N) is 1. The molecule has 1 aromatic carbocycles. The number of ether oxygens (including phenoxy) is 1. The normalized spacial score (nSPS) is 23.8. The van der Waals surface area contributed by atoms with Crippen molar-refractivity contribution in [1.29, 1.82) is 5.41 Å². The molecule has 2 atom stereocenters. The van der Waals surface area contributed by atoms with Crippen molar-refractivity contribution >= 4 is 17.6 Å². The van der Waals surface area contributed by atoms with Gasteiger partial charge in [0.15, 0.2) is 0 Å². The van der Waals surface area contributed by atoms with Crippen LogP contribution in [0.3, 0.4) is 0 Å². The summed E-state index contributed by atoms with van der Waals surface area (Å²) in [5.41, 5.74) is 7.51. The average Bonchev–Trinajstić information content (AvgIpc) is 2.72. The summed E-state index contributed by atoms with van der Waals surface area (Å²) < 4.78 is 5.54. The molecule has 0 saturated carbocycles. The largest absolute Gasteiger partial charge is 0.384 e. The van der Waals surface area contributed by atoms with Crippen LogP contribution in [0.2, 0.25) is 0 Å². The first-order valence-electron chi connectivity index (χ1n) is 5.83. The van der Waals surface area contributed by atoms with Gasteiger partial charge in [-0.15, -0.1) is 0 Å². The van der Waals surface area contributed by atoms with E-state index in [4.69, 9.17) is 15.9 Å². The number of rotatable bonds is 4. The van der Waals surface area contributed by atoms with Gasteiger partial charge >= 0.3 is 0 Å². The third-order valence-electron chi connectivity index (χ3n) is 3.01. The van der Waals surface area contributed by atoms with Crippen molar-refractivity contribution in [3.8, 4) is 0 Å². The molecule has 1 aliphatic heterocycles. The fraction of sp³-hybridized carbons (Fsp3) is 0.462. The van der Waals surface area contributed by atoms with Gasteiger partial charge in [0, 0.05) is 23.2 Å². The van der Waals surface area contributed by atoms with E-state index in [2.05, 4.69) is 13.0 Å². The quantitative estimate of drug-likeness (QED) is 0.637. The summed E-state index contributed by atoms with van der Waals surface area (Å²) in [5.74, 6) is 1.09. The minimum absolute atomic E-state index is 0.134. The summed E-state index contributed by atoms with van der Waals surface area (Å²) in [6.07, 6.45) is 1.49. The van der Waals surface area contributed by atoms with Crippen LogP contribution in [0.5, 0.6) is 0 Å². The number of hydrogen-bond acceptors (Lipinski definition) is 3. The summed E-state index contributed by atoms with van der Waals surface area (Å²) in [5, 5.41) is 8.01. The van der Waals surface area contributed by atoms with E-state index in [0.29, 0.717) is 11.4 Å². The van der Waals surface area contributed by atoms with Crippen molar-refractivity contribution in [3.63, 3.8) is 0 Å². The fourth-order valence-corrected chi connectivity index (χ4v) is 3.16. The number of thioether (sulfide) groups is 1. The van der Waals surface area contributed by atoms with Crippen molar-refractivity contribution in [1.82, 2.24) is 0 Å². The summed E-state index contributed by atoms with van der Waals surface area (Å²) in [6.45, 7) is 3.02. The zero-order valence-electron chi connectivity index (χ0n) is 9.98. The van der Waals surface area contributed by atoms with E-state index in [1.807, 2.05) is 30.0 Å². The van der Waals surface area contributed by atoms with Gasteiger partial charge in [-0.3, -0.25) is 5.41 Å². The molecular formula is C13H18N2OS. The molecule has 1 saturated heterocycles. The molecule has 17 heavy (non-hydrogen) atoms. The molecule has 1 aromatic rings. The molecule has 0 bridgehead atoms. The van der Waals surface area contributed by atoms with E-state index in [0.717, 1.165) is 24.3 Å². The Morgan fingerprint density at radius 2 is 2.41 bits per heavy atom. The van der Waals surface area contributed by atoms with E-state index < -0.39 is 0 Å². The molecule has 0 aliphatic carbocycles. The highest BCUT2D eigenvalue weighted by atomic mass is 32.2. The van der Waals surface area contributed by atoms with Crippen LogP contribution in [0.15, 0.2) is 24.3 Å². The van der Waals surface area contributed by atoms with Gasteiger partial charge < -0.3 is 10.5 Å². The lowest BCUT2D eigenvalue weighted by Crippen LogP contribution is -2.14. The molecule has 0 aromatic heterocycles. The predicted octanol–water partition coefficient (Wildman–Crippen LogP) is 2.38. The van der Waals surface area contributed by atoms with E-state index in [-0.39, 0.29) is 5.84 Å². The van der Waals surface area contributed by atoms with Gasteiger partial charge in [-0.2, -0.15) is 11.8 Å². The molecular weight excluding hydrogens is 232 g/mol.